The molecule has 1 N–H and O–H groups in total. The van der Waals surface area contributed by atoms with Crippen LogP contribution in [0.4, 0.5) is 5.69 Å². The predicted molar refractivity (Wildman–Crippen MR) is 94.5 cm³/mol. The van der Waals surface area contributed by atoms with Crippen LogP contribution in [0.2, 0.25) is 0 Å². The highest BCUT2D eigenvalue weighted by atomic mass is 16.5. The van der Waals surface area contributed by atoms with Crippen molar-refractivity contribution in [3.63, 3.8) is 0 Å². The highest BCUT2D eigenvalue weighted by molar-refractivity contribution is 5.62. The first-order valence-corrected chi connectivity index (χ1v) is 7.86. The SMILES string of the molecule is c1ccc(-c2nc(-c3ccc(NCc4cncnc4)cc3)no2)cc1. The minimum Gasteiger partial charge on any atom is -0.381 e. The second kappa shape index (κ2) is 6.92. The Bertz CT molecular complexity index is 936. The van der Waals surface area contributed by atoms with Gasteiger partial charge in [0.05, 0.1) is 0 Å². The lowest BCUT2D eigenvalue weighted by Crippen LogP contribution is -2.00. The van der Waals surface area contributed by atoms with Crippen molar-refractivity contribution in [2.75, 3.05) is 5.32 Å². The molecule has 0 bridgehead atoms. The normalized spacial score (nSPS) is 10.6. The average molecular weight is 329 g/mol. The van der Waals surface area contributed by atoms with Gasteiger partial charge in [-0.2, -0.15) is 4.98 Å². The van der Waals surface area contributed by atoms with E-state index < -0.39 is 0 Å². The molecule has 0 atom stereocenters. The van der Waals surface area contributed by atoms with Crippen LogP contribution in [0.15, 0.2) is 77.8 Å². The van der Waals surface area contributed by atoms with E-state index in [0.29, 0.717) is 18.3 Å². The van der Waals surface area contributed by atoms with Crippen molar-refractivity contribution in [2.24, 2.45) is 0 Å². The van der Waals surface area contributed by atoms with Crippen molar-refractivity contribution in [1.29, 1.82) is 0 Å². The van der Waals surface area contributed by atoms with Gasteiger partial charge in [0.25, 0.3) is 5.89 Å². The van der Waals surface area contributed by atoms with Crippen molar-refractivity contribution < 1.29 is 4.52 Å². The van der Waals surface area contributed by atoms with Gasteiger partial charge in [0.1, 0.15) is 6.33 Å². The van der Waals surface area contributed by atoms with E-state index in [1.807, 2.05) is 54.6 Å². The van der Waals surface area contributed by atoms with Crippen LogP contribution in [-0.2, 0) is 6.54 Å². The summed E-state index contributed by atoms with van der Waals surface area (Å²) in [6.45, 7) is 0.667. The lowest BCUT2D eigenvalue weighted by molar-refractivity contribution is 0.432. The van der Waals surface area contributed by atoms with Gasteiger partial charge in [0.15, 0.2) is 0 Å². The fourth-order valence-corrected chi connectivity index (χ4v) is 2.40. The first-order valence-electron chi connectivity index (χ1n) is 7.86. The number of benzene rings is 2. The van der Waals surface area contributed by atoms with Crippen LogP contribution in [-0.4, -0.2) is 20.1 Å². The van der Waals surface area contributed by atoms with Gasteiger partial charge in [-0.1, -0.05) is 23.4 Å². The largest absolute Gasteiger partial charge is 0.381 e. The predicted octanol–water partition coefficient (Wildman–Crippen LogP) is 3.81. The standard InChI is InChI=1S/C19H15N5O/c1-2-4-16(5-3-1)19-23-18(24-25-19)15-6-8-17(9-7-15)22-12-14-10-20-13-21-11-14/h1-11,13,22H,12H2. The summed E-state index contributed by atoms with van der Waals surface area (Å²) in [5, 5.41) is 7.39. The van der Waals surface area contributed by atoms with Crippen LogP contribution >= 0.6 is 0 Å². The molecule has 0 aliphatic heterocycles. The Morgan fingerprint density at radius 1 is 0.840 bits per heavy atom. The lowest BCUT2D eigenvalue weighted by Gasteiger charge is -2.06. The van der Waals surface area contributed by atoms with Gasteiger partial charge in [0, 0.05) is 41.3 Å². The van der Waals surface area contributed by atoms with Crippen molar-refractivity contribution in [3.8, 4) is 22.8 Å². The van der Waals surface area contributed by atoms with E-state index in [2.05, 4.69) is 25.4 Å². The summed E-state index contributed by atoms with van der Waals surface area (Å²) >= 11 is 0. The van der Waals surface area contributed by atoms with Crippen LogP contribution in [0.3, 0.4) is 0 Å². The highest BCUT2D eigenvalue weighted by Gasteiger charge is 2.10. The van der Waals surface area contributed by atoms with Crippen molar-refractivity contribution in [3.05, 3.63) is 78.9 Å². The van der Waals surface area contributed by atoms with Crippen molar-refractivity contribution in [1.82, 2.24) is 20.1 Å². The summed E-state index contributed by atoms with van der Waals surface area (Å²) in [5.74, 6) is 1.09. The third-order valence-corrected chi connectivity index (χ3v) is 3.70. The second-order valence-corrected chi connectivity index (χ2v) is 5.47. The zero-order valence-corrected chi connectivity index (χ0v) is 13.3. The molecule has 2 aromatic carbocycles. The summed E-state index contributed by atoms with van der Waals surface area (Å²) in [7, 11) is 0. The van der Waals surface area contributed by atoms with E-state index in [1.165, 1.54) is 6.33 Å². The monoisotopic (exact) mass is 329 g/mol. The summed E-state index contributed by atoms with van der Waals surface area (Å²) in [6.07, 6.45) is 5.10. The zero-order valence-electron chi connectivity index (χ0n) is 13.3. The zero-order chi connectivity index (χ0) is 16.9. The fraction of sp³-hybridized carbons (Fsp3) is 0.0526. The van der Waals surface area contributed by atoms with E-state index in [9.17, 15) is 0 Å². The maximum atomic E-state index is 5.35. The molecular weight excluding hydrogens is 314 g/mol. The highest BCUT2D eigenvalue weighted by Crippen LogP contribution is 2.23. The summed E-state index contributed by atoms with van der Waals surface area (Å²) in [4.78, 5) is 12.5. The fourth-order valence-electron chi connectivity index (χ4n) is 2.40. The lowest BCUT2D eigenvalue weighted by atomic mass is 10.2. The van der Waals surface area contributed by atoms with Crippen LogP contribution < -0.4 is 5.32 Å². The molecule has 4 rings (SSSR count). The Balaban J connectivity index is 1.46. The molecule has 0 fully saturated rings. The van der Waals surface area contributed by atoms with Gasteiger partial charge < -0.3 is 9.84 Å². The van der Waals surface area contributed by atoms with E-state index in [0.717, 1.165) is 22.4 Å². The third kappa shape index (κ3) is 3.53. The molecule has 25 heavy (non-hydrogen) atoms. The molecular formula is C19H15N5O. The molecule has 0 aliphatic carbocycles. The van der Waals surface area contributed by atoms with E-state index in [1.54, 1.807) is 12.4 Å². The summed E-state index contributed by atoms with van der Waals surface area (Å²) in [6, 6.07) is 17.6. The first kappa shape index (κ1) is 15.0. The molecule has 4 aromatic rings. The van der Waals surface area contributed by atoms with Gasteiger partial charge >= 0.3 is 0 Å². The number of rotatable bonds is 5. The molecule has 2 heterocycles. The van der Waals surface area contributed by atoms with E-state index in [-0.39, 0.29) is 0 Å². The van der Waals surface area contributed by atoms with Crippen LogP contribution in [0.1, 0.15) is 5.56 Å². The number of aromatic nitrogens is 4. The Kier molecular flexibility index (Phi) is 4.16. The molecule has 0 aliphatic rings. The topological polar surface area (TPSA) is 76.7 Å². The van der Waals surface area contributed by atoms with Gasteiger partial charge in [-0.3, -0.25) is 0 Å². The first-order chi connectivity index (χ1) is 12.4. The van der Waals surface area contributed by atoms with Crippen molar-refractivity contribution >= 4 is 5.69 Å². The molecule has 0 radical (unpaired) electrons. The maximum absolute atomic E-state index is 5.35. The second-order valence-electron chi connectivity index (χ2n) is 5.47. The van der Waals surface area contributed by atoms with Crippen LogP contribution in [0.5, 0.6) is 0 Å². The molecule has 6 heteroatoms. The molecule has 122 valence electrons. The van der Waals surface area contributed by atoms with Crippen molar-refractivity contribution in [2.45, 2.75) is 6.54 Å². The quantitative estimate of drug-likeness (QED) is 0.600. The number of nitrogens with one attached hydrogen (secondary N) is 1. The Labute approximate surface area is 144 Å². The molecule has 0 unspecified atom stereocenters. The number of anilines is 1. The van der Waals surface area contributed by atoms with E-state index >= 15 is 0 Å². The molecule has 0 amide bonds. The van der Waals surface area contributed by atoms with Crippen LogP contribution in [0, 0.1) is 0 Å². The van der Waals surface area contributed by atoms with Gasteiger partial charge in [0.2, 0.25) is 5.82 Å². The Hall–Kier alpha value is -3.54. The third-order valence-electron chi connectivity index (χ3n) is 3.70. The molecule has 6 nitrogen and oxygen atoms in total. The van der Waals surface area contributed by atoms with E-state index in [4.69, 9.17) is 4.52 Å². The molecule has 0 saturated heterocycles. The maximum Gasteiger partial charge on any atom is 0.258 e. The number of hydrogen-bond acceptors (Lipinski definition) is 6. The Morgan fingerprint density at radius 2 is 1.60 bits per heavy atom. The molecule has 2 aromatic heterocycles. The Morgan fingerprint density at radius 3 is 2.36 bits per heavy atom. The molecule has 0 spiro atoms. The molecule has 0 saturated carbocycles. The minimum absolute atomic E-state index is 0.516. The number of nitrogens with zero attached hydrogens (tertiary/aromatic N) is 4. The summed E-state index contributed by atoms with van der Waals surface area (Å²) in [5.41, 5.74) is 3.83. The average Bonchev–Trinajstić information content (AvgIpc) is 3.19. The number of hydrogen-bond donors (Lipinski definition) is 1. The smallest absolute Gasteiger partial charge is 0.258 e. The summed E-state index contributed by atoms with van der Waals surface area (Å²) < 4.78 is 5.35. The van der Waals surface area contributed by atoms with Gasteiger partial charge in [-0.15, -0.1) is 0 Å². The van der Waals surface area contributed by atoms with Crippen LogP contribution in [0.25, 0.3) is 22.8 Å². The van der Waals surface area contributed by atoms with Gasteiger partial charge in [-0.25, -0.2) is 9.97 Å². The van der Waals surface area contributed by atoms with Gasteiger partial charge in [-0.05, 0) is 36.4 Å². The minimum atomic E-state index is 0.516.